The van der Waals surface area contributed by atoms with E-state index in [4.69, 9.17) is 10.5 Å². The summed E-state index contributed by atoms with van der Waals surface area (Å²) in [5.74, 6) is 1.38. The molecule has 1 fully saturated rings. The highest BCUT2D eigenvalue weighted by atomic mass is 16.5. The Bertz CT molecular complexity index is 929. The summed E-state index contributed by atoms with van der Waals surface area (Å²) in [5, 5.41) is 3.20. The maximum Gasteiger partial charge on any atom is 0.232 e. The Morgan fingerprint density at radius 3 is 2.37 bits per heavy atom. The Hall–Kier alpha value is -3.03. The predicted molar refractivity (Wildman–Crippen MR) is 118 cm³/mol. The number of hydrogen-bond donors (Lipinski definition) is 2. The number of nitrogens with one attached hydrogen (secondary N) is 1. The van der Waals surface area contributed by atoms with Gasteiger partial charge in [0.2, 0.25) is 11.9 Å². The zero-order valence-corrected chi connectivity index (χ0v) is 17.2. The van der Waals surface area contributed by atoms with Gasteiger partial charge in [-0.15, -0.1) is 0 Å². The van der Waals surface area contributed by atoms with Gasteiger partial charge in [-0.2, -0.15) is 15.0 Å². The van der Waals surface area contributed by atoms with Gasteiger partial charge in [0.05, 0.1) is 18.8 Å². The summed E-state index contributed by atoms with van der Waals surface area (Å²) in [6.07, 6.45) is 2.27. The molecule has 2 aromatic carbocycles. The highest BCUT2D eigenvalue weighted by molar-refractivity contribution is 5.53. The number of ether oxygens (including phenoxy) is 1. The minimum atomic E-state index is 0.0571. The van der Waals surface area contributed by atoms with Crippen LogP contribution in [0.5, 0.6) is 0 Å². The molecule has 1 aromatic heterocycles. The second kappa shape index (κ2) is 9.65. The van der Waals surface area contributed by atoms with Gasteiger partial charge in [0.1, 0.15) is 0 Å². The van der Waals surface area contributed by atoms with Gasteiger partial charge in [-0.05, 0) is 37.5 Å². The van der Waals surface area contributed by atoms with Crippen molar-refractivity contribution >= 4 is 17.6 Å². The molecule has 1 unspecified atom stereocenters. The molecule has 7 heteroatoms. The van der Waals surface area contributed by atoms with E-state index in [2.05, 4.69) is 44.2 Å². The molecule has 0 aliphatic carbocycles. The van der Waals surface area contributed by atoms with Gasteiger partial charge in [-0.1, -0.05) is 48.5 Å². The van der Waals surface area contributed by atoms with Crippen LogP contribution in [0.15, 0.2) is 60.7 Å². The molecule has 30 heavy (non-hydrogen) atoms. The van der Waals surface area contributed by atoms with E-state index in [1.54, 1.807) is 0 Å². The number of nitrogens with two attached hydrogens (primary N) is 1. The van der Waals surface area contributed by atoms with Crippen molar-refractivity contribution in [3.63, 3.8) is 0 Å². The number of hydrogen-bond acceptors (Lipinski definition) is 7. The van der Waals surface area contributed by atoms with Crippen LogP contribution in [0.2, 0.25) is 0 Å². The number of para-hydroxylation sites is 1. The van der Waals surface area contributed by atoms with E-state index in [0.29, 0.717) is 18.4 Å². The van der Waals surface area contributed by atoms with E-state index < -0.39 is 0 Å². The molecule has 0 spiro atoms. The number of aromatic nitrogens is 3. The Morgan fingerprint density at radius 2 is 1.67 bits per heavy atom. The van der Waals surface area contributed by atoms with Crippen LogP contribution in [-0.2, 0) is 11.3 Å². The second-order valence-corrected chi connectivity index (χ2v) is 7.57. The van der Waals surface area contributed by atoms with Crippen LogP contribution in [0.4, 0.5) is 17.6 Å². The van der Waals surface area contributed by atoms with E-state index >= 15 is 0 Å². The van der Waals surface area contributed by atoms with Gasteiger partial charge in [0, 0.05) is 18.8 Å². The lowest BCUT2D eigenvalue weighted by molar-refractivity contribution is -0.0105. The quantitative estimate of drug-likeness (QED) is 0.616. The van der Waals surface area contributed by atoms with Crippen LogP contribution in [0.3, 0.4) is 0 Å². The molecule has 0 radical (unpaired) electrons. The number of nitrogens with zero attached hydrogens (tertiary/aromatic N) is 4. The standard InChI is InChI=1S/C23H28N6O/c1-17(21-26-22(24)28-23(27-21)25-19-10-6-3-7-11-19)29-14-12-20(13-15-29)30-16-18-8-4-2-5-9-18/h2-11,17,20H,12-16H2,1H3,(H3,24,25,26,27,28). The molecular weight excluding hydrogens is 376 g/mol. The number of benzene rings is 2. The zero-order valence-electron chi connectivity index (χ0n) is 17.2. The van der Waals surface area contributed by atoms with E-state index in [0.717, 1.165) is 31.6 Å². The van der Waals surface area contributed by atoms with Crippen molar-refractivity contribution in [3.8, 4) is 0 Å². The maximum absolute atomic E-state index is 6.11. The SMILES string of the molecule is CC(c1nc(N)nc(Nc2ccccc2)n1)N1CCC(OCc2ccccc2)CC1. The molecular formula is C23H28N6O. The summed E-state index contributed by atoms with van der Waals surface area (Å²) in [5.41, 5.74) is 8.09. The number of piperidine rings is 1. The van der Waals surface area contributed by atoms with Crippen LogP contribution in [0, 0.1) is 0 Å². The Morgan fingerprint density at radius 1 is 1.00 bits per heavy atom. The monoisotopic (exact) mass is 404 g/mol. The van der Waals surface area contributed by atoms with Gasteiger partial charge < -0.3 is 15.8 Å². The fourth-order valence-electron chi connectivity index (χ4n) is 3.68. The first-order valence-electron chi connectivity index (χ1n) is 10.4. The summed E-state index contributed by atoms with van der Waals surface area (Å²) in [4.78, 5) is 15.6. The van der Waals surface area contributed by atoms with E-state index in [-0.39, 0.29) is 18.1 Å². The minimum absolute atomic E-state index is 0.0571. The number of anilines is 3. The van der Waals surface area contributed by atoms with Crippen molar-refractivity contribution in [2.45, 2.75) is 38.5 Å². The van der Waals surface area contributed by atoms with Crippen molar-refractivity contribution in [2.24, 2.45) is 0 Å². The molecule has 0 saturated carbocycles. The van der Waals surface area contributed by atoms with Crippen LogP contribution < -0.4 is 11.1 Å². The summed E-state index contributed by atoms with van der Waals surface area (Å²) >= 11 is 0. The zero-order chi connectivity index (χ0) is 20.8. The average molecular weight is 405 g/mol. The lowest BCUT2D eigenvalue weighted by atomic mass is 10.1. The van der Waals surface area contributed by atoms with E-state index in [1.165, 1.54) is 5.56 Å². The van der Waals surface area contributed by atoms with Gasteiger partial charge in [-0.3, -0.25) is 4.90 Å². The minimum Gasteiger partial charge on any atom is -0.373 e. The second-order valence-electron chi connectivity index (χ2n) is 7.57. The molecule has 7 nitrogen and oxygen atoms in total. The fourth-order valence-corrected chi connectivity index (χ4v) is 3.68. The third-order valence-electron chi connectivity index (χ3n) is 5.43. The van der Waals surface area contributed by atoms with Crippen molar-refractivity contribution in [1.82, 2.24) is 19.9 Å². The Labute approximate surface area is 177 Å². The molecule has 2 heterocycles. The van der Waals surface area contributed by atoms with Crippen LogP contribution >= 0.6 is 0 Å². The Kier molecular flexibility index (Phi) is 6.51. The molecule has 1 saturated heterocycles. The fraction of sp³-hybridized carbons (Fsp3) is 0.348. The number of rotatable bonds is 7. The van der Waals surface area contributed by atoms with Crippen molar-refractivity contribution in [3.05, 3.63) is 72.1 Å². The molecule has 3 aromatic rings. The summed E-state index contributed by atoms with van der Waals surface area (Å²) < 4.78 is 6.11. The first-order valence-corrected chi connectivity index (χ1v) is 10.4. The third kappa shape index (κ3) is 5.31. The summed E-state index contributed by atoms with van der Waals surface area (Å²) in [6, 6.07) is 20.2. The molecule has 1 aliphatic rings. The van der Waals surface area contributed by atoms with Crippen LogP contribution in [0.25, 0.3) is 0 Å². The largest absolute Gasteiger partial charge is 0.373 e. The van der Waals surface area contributed by atoms with Gasteiger partial charge >= 0.3 is 0 Å². The van der Waals surface area contributed by atoms with E-state index in [1.807, 2.05) is 48.5 Å². The number of nitrogen functional groups attached to an aromatic ring is 1. The highest BCUT2D eigenvalue weighted by Crippen LogP contribution is 2.25. The molecule has 4 rings (SSSR count). The average Bonchev–Trinajstić information content (AvgIpc) is 2.78. The molecule has 1 atom stereocenters. The van der Waals surface area contributed by atoms with Crippen molar-refractivity contribution < 1.29 is 4.74 Å². The topological polar surface area (TPSA) is 89.2 Å². The first kappa shape index (κ1) is 20.3. The normalized spacial score (nSPS) is 16.3. The molecule has 0 amide bonds. The Balaban J connectivity index is 1.34. The lowest BCUT2D eigenvalue weighted by Gasteiger charge is -2.35. The lowest BCUT2D eigenvalue weighted by Crippen LogP contribution is -2.39. The van der Waals surface area contributed by atoms with Gasteiger partial charge in [-0.25, -0.2) is 0 Å². The van der Waals surface area contributed by atoms with Crippen LogP contribution in [-0.4, -0.2) is 39.0 Å². The van der Waals surface area contributed by atoms with Crippen LogP contribution in [0.1, 0.15) is 37.2 Å². The smallest absolute Gasteiger partial charge is 0.232 e. The molecule has 1 aliphatic heterocycles. The molecule has 0 bridgehead atoms. The molecule has 156 valence electrons. The van der Waals surface area contributed by atoms with Crippen molar-refractivity contribution in [2.75, 3.05) is 24.1 Å². The van der Waals surface area contributed by atoms with Crippen molar-refractivity contribution in [1.29, 1.82) is 0 Å². The third-order valence-corrected chi connectivity index (χ3v) is 5.43. The van der Waals surface area contributed by atoms with Gasteiger partial charge in [0.25, 0.3) is 0 Å². The first-order chi connectivity index (χ1) is 14.7. The highest BCUT2D eigenvalue weighted by Gasteiger charge is 2.26. The van der Waals surface area contributed by atoms with Gasteiger partial charge in [0.15, 0.2) is 5.82 Å². The van der Waals surface area contributed by atoms with E-state index in [9.17, 15) is 0 Å². The predicted octanol–water partition coefficient (Wildman–Crippen LogP) is 3.94. The summed E-state index contributed by atoms with van der Waals surface area (Å²) in [6.45, 7) is 4.66. The molecule has 3 N–H and O–H groups in total. The maximum atomic E-state index is 6.11. The number of likely N-dealkylation sites (tertiary alicyclic amines) is 1. The summed E-state index contributed by atoms with van der Waals surface area (Å²) in [7, 11) is 0.